The van der Waals surface area contributed by atoms with Crippen LogP contribution in [0.5, 0.6) is 5.75 Å². The predicted octanol–water partition coefficient (Wildman–Crippen LogP) is 3.85. The third-order valence-electron chi connectivity index (χ3n) is 5.17. The van der Waals surface area contributed by atoms with Crippen LogP contribution in [0, 0.1) is 5.82 Å². The zero-order valence-electron chi connectivity index (χ0n) is 16.7. The first-order valence-electron chi connectivity index (χ1n) is 9.57. The van der Waals surface area contributed by atoms with Crippen molar-refractivity contribution in [1.82, 2.24) is 9.88 Å². The number of ether oxygens (including phenoxy) is 1. The number of rotatable bonds is 5. The number of carbonyl (C=O) groups excluding carboxylic acids is 2. The van der Waals surface area contributed by atoms with Gasteiger partial charge in [0.25, 0.3) is 11.7 Å². The average Bonchev–Trinajstić information content (AvgIpc) is 3.05. The summed E-state index contributed by atoms with van der Waals surface area (Å²) in [5, 5.41) is 11.0. The smallest absolute Gasteiger partial charge is 0.295 e. The maximum Gasteiger partial charge on any atom is 0.295 e. The summed E-state index contributed by atoms with van der Waals surface area (Å²) in [6.45, 7) is 0.148. The van der Waals surface area contributed by atoms with Gasteiger partial charge in [-0.15, -0.1) is 0 Å². The van der Waals surface area contributed by atoms with Crippen molar-refractivity contribution in [2.24, 2.45) is 0 Å². The van der Waals surface area contributed by atoms with E-state index in [-0.39, 0.29) is 23.4 Å². The van der Waals surface area contributed by atoms with Gasteiger partial charge in [0.2, 0.25) is 0 Å². The van der Waals surface area contributed by atoms with Crippen LogP contribution in [0.1, 0.15) is 22.7 Å². The number of aliphatic hydroxyl groups excluding tert-OH is 1. The average molecular weight is 418 g/mol. The molecule has 2 aromatic carbocycles. The number of aromatic nitrogens is 1. The Morgan fingerprint density at radius 2 is 1.81 bits per heavy atom. The first-order valence-corrected chi connectivity index (χ1v) is 9.57. The Morgan fingerprint density at radius 1 is 1.10 bits per heavy atom. The molecule has 1 aliphatic heterocycles. The van der Waals surface area contributed by atoms with Crippen LogP contribution >= 0.6 is 0 Å². The first kappa shape index (κ1) is 20.3. The summed E-state index contributed by atoms with van der Waals surface area (Å²) in [6.07, 6.45) is 3.20. The van der Waals surface area contributed by atoms with Gasteiger partial charge in [-0.05, 0) is 59.7 Å². The van der Waals surface area contributed by atoms with E-state index in [1.165, 1.54) is 36.3 Å². The second-order valence-electron chi connectivity index (χ2n) is 7.07. The topological polar surface area (TPSA) is 79.7 Å². The third-order valence-corrected chi connectivity index (χ3v) is 5.17. The number of pyridine rings is 1. The molecular formula is C24H19FN2O4. The number of benzene rings is 2. The molecule has 4 rings (SSSR count). The van der Waals surface area contributed by atoms with E-state index >= 15 is 0 Å². The molecule has 0 bridgehead atoms. The molecule has 2 heterocycles. The van der Waals surface area contributed by atoms with E-state index < -0.39 is 23.5 Å². The fourth-order valence-electron chi connectivity index (χ4n) is 3.65. The van der Waals surface area contributed by atoms with Crippen molar-refractivity contribution in [3.05, 3.63) is 101 Å². The summed E-state index contributed by atoms with van der Waals surface area (Å²) in [5.41, 5.74) is 1.58. The lowest BCUT2D eigenvalue weighted by molar-refractivity contribution is -0.140. The summed E-state index contributed by atoms with van der Waals surface area (Å²) in [6, 6.07) is 14.7. The minimum absolute atomic E-state index is 0.0566. The summed E-state index contributed by atoms with van der Waals surface area (Å²) in [7, 11) is 1.52. The molecule has 0 aliphatic carbocycles. The molecule has 1 aromatic heterocycles. The van der Waals surface area contributed by atoms with Gasteiger partial charge in [0.05, 0.1) is 18.7 Å². The number of halogens is 1. The number of likely N-dealkylation sites (tertiary alicyclic amines) is 1. The van der Waals surface area contributed by atoms with Crippen LogP contribution < -0.4 is 4.74 Å². The van der Waals surface area contributed by atoms with E-state index in [0.717, 1.165) is 5.56 Å². The van der Waals surface area contributed by atoms with E-state index in [9.17, 15) is 19.1 Å². The Labute approximate surface area is 178 Å². The molecule has 1 N–H and O–H groups in total. The number of methoxy groups -OCH3 is 1. The van der Waals surface area contributed by atoms with Gasteiger partial charge >= 0.3 is 0 Å². The summed E-state index contributed by atoms with van der Waals surface area (Å²) in [4.78, 5) is 31.4. The number of ketones is 1. The van der Waals surface area contributed by atoms with Crippen molar-refractivity contribution in [2.75, 3.05) is 7.11 Å². The largest absolute Gasteiger partial charge is 0.507 e. The van der Waals surface area contributed by atoms with Crippen LogP contribution in [0.2, 0.25) is 0 Å². The predicted molar refractivity (Wildman–Crippen MR) is 111 cm³/mol. The summed E-state index contributed by atoms with van der Waals surface area (Å²) in [5.74, 6) is -1.81. The highest BCUT2D eigenvalue weighted by Crippen LogP contribution is 2.41. The van der Waals surface area contributed by atoms with E-state index in [0.29, 0.717) is 11.3 Å². The van der Waals surface area contributed by atoms with Gasteiger partial charge in [-0.1, -0.05) is 12.1 Å². The van der Waals surface area contributed by atoms with Crippen molar-refractivity contribution in [1.29, 1.82) is 0 Å². The lowest BCUT2D eigenvalue weighted by atomic mass is 9.95. The number of carbonyl (C=O) groups is 2. The normalized spacial score (nSPS) is 17.7. The molecule has 1 unspecified atom stereocenters. The van der Waals surface area contributed by atoms with E-state index in [4.69, 9.17) is 4.74 Å². The van der Waals surface area contributed by atoms with Gasteiger partial charge in [-0.3, -0.25) is 14.6 Å². The van der Waals surface area contributed by atoms with Gasteiger partial charge < -0.3 is 14.7 Å². The fourth-order valence-corrected chi connectivity index (χ4v) is 3.65. The number of aliphatic hydroxyl groups is 1. The van der Waals surface area contributed by atoms with Crippen LogP contribution in [0.25, 0.3) is 5.76 Å². The van der Waals surface area contributed by atoms with Crippen LogP contribution in [0.3, 0.4) is 0 Å². The third kappa shape index (κ3) is 3.90. The van der Waals surface area contributed by atoms with Crippen molar-refractivity contribution in [3.8, 4) is 5.75 Å². The highest BCUT2D eigenvalue weighted by Gasteiger charge is 2.46. The van der Waals surface area contributed by atoms with Gasteiger partial charge in [0, 0.05) is 24.5 Å². The molecule has 156 valence electrons. The molecular weight excluding hydrogens is 399 g/mol. The maximum absolute atomic E-state index is 13.3. The number of nitrogens with zero attached hydrogens (tertiary/aromatic N) is 2. The molecule has 0 saturated carbocycles. The van der Waals surface area contributed by atoms with Crippen molar-refractivity contribution in [3.63, 3.8) is 0 Å². The molecule has 1 fully saturated rings. The number of amides is 1. The molecule has 1 saturated heterocycles. The fraction of sp³-hybridized carbons (Fsp3) is 0.125. The molecule has 3 aromatic rings. The van der Waals surface area contributed by atoms with Gasteiger partial charge in [0.15, 0.2) is 0 Å². The van der Waals surface area contributed by atoms with E-state index in [1.54, 1.807) is 48.8 Å². The highest BCUT2D eigenvalue weighted by atomic mass is 19.1. The van der Waals surface area contributed by atoms with E-state index in [1.807, 2.05) is 0 Å². The number of hydrogen-bond donors (Lipinski definition) is 1. The number of Topliss-reactive ketones (excluding diaryl/α,β-unsaturated/α-hetero) is 1. The molecule has 0 spiro atoms. The van der Waals surface area contributed by atoms with Crippen LogP contribution in [0.4, 0.5) is 4.39 Å². The van der Waals surface area contributed by atoms with Gasteiger partial charge in [0.1, 0.15) is 17.3 Å². The molecule has 7 heteroatoms. The quantitative estimate of drug-likeness (QED) is 0.387. The Morgan fingerprint density at radius 3 is 2.48 bits per heavy atom. The maximum atomic E-state index is 13.3. The van der Waals surface area contributed by atoms with Crippen molar-refractivity contribution < 1.29 is 23.8 Å². The van der Waals surface area contributed by atoms with Crippen LogP contribution in [-0.2, 0) is 16.1 Å². The Hall–Kier alpha value is -4.00. The number of hydrogen-bond acceptors (Lipinski definition) is 5. The lowest BCUT2D eigenvalue weighted by Gasteiger charge is -2.25. The van der Waals surface area contributed by atoms with Crippen molar-refractivity contribution >= 4 is 17.4 Å². The molecule has 1 amide bonds. The molecule has 31 heavy (non-hydrogen) atoms. The zero-order valence-corrected chi connectivity index (χ0v) is 16.7. The monoisotopic (exact) mass is 418 g/mol. The molecule has 6 nitrogen and oxygen atoms in total. The lowest BCUT2D eigenvalue weighted by Crippen LogP contribution is -2.29. The molecule has 1 atom stereocenters. The Kier molecular flexibility index (Phi) is 5.49. The Balaban J connectivity index is 1.87. The Bertz CT molecular complexity index is 1160. The SMILES string of the molecule is COc1cccc(C2/C(=C(/O)c3ccc(F)cc3)C(=O)C(=O)N2Cc2ccncc2)c1. The second kappa shape index (κ2) is 8.39. The van der Waals surface area contributed by atoms with Crippen molar-refractivity contribution in [2.45, 2.75) is 12.6 Å². The minimum Gasteiger partial charge on any atom is -0.507 e. The van der Waals surface area contributed by atoms with Gasteiger partial charge in [-0.2, -0.15) is 0 Å². The summed E-state index contributed by atoms with van der Waals surface area (Å²) < 4.78 is 18.6. The summed E-state index contributed by atoms with van der Waals surface area (Å²) >= 11 is 0. The second-order valence-corrected chi connectivity index (χ2v) is 7.07. The van der Waals surface area contributed by atoms with Crippen LogP contribution in [-0.4, -0.2) is 33.8 Å². The standard InChI is InChI=1S/C24H19FN2O4/c1-31-19-4-2-3-17(13-19)21-20(22(28)16-5-7-18(25)8-6-16)23(29)24(30)27(21)14-15-9-11-26-12-10-15/h2-13,21,28H,14H2,1H3/b22-20-. The zero-order chi connectivity index (χ0) is 22.0. The van der Waals surface area contributed by atoms with Crippen LogP contribution in [0.15, 0.2) is 78.6 Å². The first-order chi connectivity index (χ1) is 15.0. The molecule has 1 aliphatic rings. The highest BCUT2D eigenvalue weighted by molar-refractivity contribution is 6.46. The van der Waals surface area contributed by atoms with E-state index in [2.05, 4.69) is 4.98 Å². The molecule has 0 radical (unpaired) electrons. The van der Waals surface area contributed by atoms with Gasteiger partial charge in [-0.25, -0.2) is 4.39 Å². The minimum atomic E-state index is -0.840.